The van der Waals surface area contributed by atoms with Crippen molar-refractivity contribution in [1.82, 2.24) is 9.71 Å². The second-order valence-corrected chi connectivity index (χ2v) is 9.27. The normalized spacial score (nSPS) is 11.6. The molecule has 0 amide bonds. The van der Waals surface area contributed by atoms with E-state index >= 15 is 0 Å². The molecule has 0 saturated heterocycles. The molecule has 1 N–H and O–H groups in total. The van der Waals surface area contributed by atoms with Crippen molar-refractivity contribution in [2.45, 2.75) is 6.42 Å². The van der Waals surface area contributed by atoms with Gasteiger partial charge in [-0.2, -0.15) is 0 Å². The summed E-state index contributed by atoms with van der Waals surface area (Å²) in [6, 6.07) is 16.2. The predicted octanol–water partition coefficient (Wildman–Crippen LogP) is 4.33. The van der Waals surface area contributed by atoms with Gasteiger partial charge < -0.3 is 0 Å². The molecule has 130 valence electrons. The number of halogens is 1. The highest BCUT2D eigenvalue weighted by Crippen LogP contribution is 2.30. The van der Waals surface area contributed by atoms with E-state index in [-0.39, 0.29) is 0 Å². The van der Waals surface area contributed by atoms with Gasteiger partial charge in [-0.05, 0) is 24.1 Å². The van der Waals surface area contributed by atoms with E-state index in [1.807, 2.05) is 42.5 Å². The van der Waals surface area contributed by atoms with Crippen LogP contribution in [0.3, 0.4) is 0 Å². The molecule has 0 aliphatic heterocycles. The molecule has 0 unspecified atom stereocenters. The summed E-state index contributed by atoms with van der Waals surface area (Å²) in [7, 11) is -3.13. The molecule has 1 aromatic heterocycles. The molecular weight excluding hydrogens is 420 g/mol. The first-order chi connectivity index (χ1) is 11.9. The molecule has 3 aromatic rings. The van der Waals surface area contributed by atoms with Gasteiger partial charge in [0.2, 0.25) is 10.0 Å². The summed E-state index contributed by atoms with van der Waals surface area (Å²) in [6.07, 6.45) is 1.83. The minimum absolute atomic E-state index is 0.405. The van der Waals surface area contributed by atoms with E-state index in [9.17, 15) is 8.42 Å². The summed E-state index contributed by atoms with van der Waals surface area (Å²) >= 11 is 5.10. The summed E-state index contributed by atoms with van der Waals surface area (Å²) < 4.78 is 25.7. The average Bonchev–Trinajstić information content (AvgIpc) is 3.04. The molecule has 1 heterocycles. The molecule has 25 heavy (non-hydrogen) atoms. The van der Waals surface area contributed by atoms with Gasteiger partial charge in [0.1, 0.15) is 5.01 Å². The van der Waals surface area contributed by atoms with Gasteiger partial charge in [-0.1, -0.05) is 52.3 Å². The Kier molecular flexibility index (Phi) is 5.68. The van der Waals surface area contributed by atoms with Crippen LogP contribution < -0.4 is 4.72 Å². The minimum atomic E-state index is -3.13. The van der Waals surface area contributed by atoms with Crippen molar-refractivity contribution in [3.63, 3.8) is 0 Å². The first kappa shape index (κ1) is 18.3. The van der Waals surface area contributed by atoms with Gasteiger partial charge in [-0.3, -0.25) is 0 Å². The van der Waals surface area contributed by atoms with Crippen molar-refractivity contribution in [1.29, 1.82) is 0 Å². The van der Waals surface area contributed by atoms with Gasteiger partial charge in [0.05, 0.1) is 11.9 Å². The maximum absolute atomic E-state index is 11.1. The van der Waals surface area contributed by atoms with Gasteiger partial charge in [-0.25, -0.2) is 18.1 Å². The van der Waals surface area contributed by atoms with Gasteiger partial charge in [0, 0.05) is 27.5 Å². The average molecular weight is 437 g/mol. The van der Waals surface area contributed by atoms with Crippen LogP contribution in [0, 0.1) is 0 Å². The quantitative estimate of drug-likeness (QED) is 0.625. The largest absolute Gasteiger partial charge is 0.236 e. The molecule has 3 rings (SSSR count). The van der Waals surface area contributed by atoms with Gasteiger partial charge in [0.25, 0.3) is 0 Å². The first-order valence-corrected chi connectivity index (χ1v) is 11.2. The number of thiazole rings is 1. The number of benzene rings is 2. The Labute approximate surface area is 160 Å². The Morgan fingerprint density at radius 2 is 1.88 bits per heavy atom. The van der Waals surface area contributed by atoms with Crippen molar-refractivity contribution >= 4 is 37.3 Å². The molecular formula is C18H17BrN2O2S2. The van der Waals surface area contributed by atoms with Crippen LogP contribution in [0.4, 0.5) is 0 Å². The highest BCUT2D eigenvalue weighted by atomic mass is 79.9. The molecule has 0 fully saturated rings. The number of sulfonamides is 1. The lowest BCUT2D eigenvalue weighted by atomic mass is 10.1. The summed E-state index contributed by atoms with van der Waals surface area (Å²) in [6.45, 7) is 0.405. The Morgan fingerprint density at radius 1 is 1.12 bits per heavy atom. The number of rotatable bonds is 6. The Hall–Kier alpha value is -1.54. The van der Waals surface area contributed by atoms with Crippen LogP contribution in [0.5, 0.6) is 0 Å². The zero-order chi connectivity index (χ0) is 17.9. The maximum atomic E-state index is 11.1. The van der Waals surface area contributed by atoms with Crippen LogP contribution in [0.15, 0.2) is 58.4 Å². The van der Waals surface area contributed by atoms with Crippen molar-refractivity contribution < 1.29 is 8.42 Å². The fourth-order valence-corrected chi connectivity index (χ4v) is 4.08. The molecule has 0 aliphatic rings. The topological polar surface area (TPSA) is 59.1 Å². The number of aromatic nitrogens is 1. The van der Waals surface area contributed by atoms with Crippen molar-refractivity contribution in [3.8, 4) is 21.8 Å². The van der Waals surface area contributed by atoms with E-state index < -0.39 is 10.0 Å². The standard InChI is InChI=1S/C18H17BrN2O2S2/c1-25(22,23)20-10-9-13-5-7-14(8-6-13)17-12-24-18(21-17)15-3-2-4-16(19)11-15/h2-8,11-12,20H,9-10H2,1H3. The zero-order valence-electron chi connectivity index (χ0n) is 13.6. The summed E-state index contributed by atoms with van der Waals surface area (Å²) in [5.74, 6) is 0. The third kappa shape index (κ3) is 5.22. The van der Waals surface area contributed by atoms with E-state index in [0.29, 0.717) is 13.0 Å². The van der Waals surface area contributed by atoms with E-state index in [1.165, 1.54) is 6.26 Å². The summed E-state index contributed by atoms with van der Waals surface area (Å²) in [5.41, 5.74) is 4.18. The number of hydrogen-bond donors (Lipinski definition) is 1. The Bertz CT molecular complexity index is 967. The second kappa shape index (κ2) is 7.78. The van der Waals surface area contributed by atoms with Crippen LogP contribution >= 0.6 is 27.3 Å². The van der Waals surface area contributed by atoms with Crippen molar-refractivity contribution in [2.24, 2.45) is 0 Å². The third-order valence-electron chi connectivity index (χ3n) is 3.60. The van der Waals surface area contributed by atoms with Gasteiger partial charge in [0.15, 0.2) is 0 Å². The Morgan fingerprint density at radius 3 is 2.56 bits per heavy atom. The minimum Gasteiger partial charge on any atom is -0.236 e. The fourth-order valence-electron chi connectivity index (χ4n) is 2.38. The third-order valence-corrected chi connectivity index (χ3v) is 5.72. The lowest BCUT2D eigenvalue weighted by Crippen LogP contribution is -2.24. The van der Waals surface area contributed by atoms with Crippen LogP contribution in [-0.2, 0) is 16.4 Å². The first-order valence-electron chi connectivity index (χ1n) is 7.66. The molecule has 0 radical (unpaired) electrons. The number of hydrogen-bond acceptors (Lipinski definition) is 4. The maximum Gasteiger partial charge on any atom is 0.208 e. The highest BCUT2D eigenvalue weighted by molar-refractivity contribution is 9.10. The van der Waals surface area contributed by atoms with Crippen LogP contribution in [0.2, 0.25) is 0 Å². The molecule has 7 heteroatoms. The van der Waals surface area contributed by atoms with Gasteiger partial charge >= 0.3 is 0 Å². The summed E-state index contributed by atoms with van der Waals surface area (Å²) in [5, 5.41) is 3.04. The zero-order valence-corrected chi connectivity index (χ0v) is 16.8. The van der Waals surface area contributed by atoms with E-state index in [4.69, 9.17) is 4.98 Å². The van der Waals surface area contributed by atoms with E-state index in [2.05, 4.69) is 32.1 Å². The fraction of sp³-hybridized carbons (Fsp3) is 0.167. The number of nitrogens with zero attached hydrogens (tertiary/aromatic N) is 1. The predicted molar refractivity (Wildman–Crippen MR) is 107 cm³/mol. The lowest BCUT2D eigenvalue weighted by molar-refractivity contribution is 0.588. The molecule has 0 aliphatic carbocycles. The van der Waals surface area contributed by atoms with Crippen LogP contribution in [0.25, 0.3) is 21.8 Å². The van der Waals surface area contributed by atoms with Gasteiger partial charge in [-0.15, -0.1) is 11.3 Å². The monoisotopic (exact) mass is 436 g/mol. The van der Waals surface area contributed by atoms with E-state index in [0.717, 1.165) is 31.9 Å². The molecule has 0 spiro atoms. The molecule has 0 saturated carbocycles. The highest BCUT2D eigenvalue weighted by Gasteiger charge is 2.07. The van der Waals surface area contributed by atoms with Crippen LogP contribution in [0.1, 0.15) is 5.56 Å². The second-order valence-electron chi connectivity index (χ2n) is 5.66. The number of nitrogens with one attached hydrogen (secondary N) is 1. The summed E-state index contributed by atoms with van der Waals surface area (Å²) in [4.78, 5) is 4.72. The molecule has 0 atom stereocenters. The molecule has 0 bridgehead atoms. The Balaban J connectivity index is 1.71. The smallest absolute Gasteiger partial charge is 0.208 e. The molecule has 2 aromatic carbocycles. The van der Waals surface area contributed by atoms with E-state index in [1.54, 1.807) is 11.3 Å². The SMILES string of the molecule is CS(=O)(=O)NCCc1ccc(-c2csc(-c3cccc(Br)c3)n2)cc1. The lowest BCUT2D eigenvalue weighted by Gasteiger charge is -2.04. The van der Waals surface area contributed by atoms with Crippen molar-refractivity contribution in [2.75, 3.05) is 12.8 Å². The van der Waals surface area contributed by atoms with Crippen LogP contribution in [-0.4, -0.2) is 26.2 Å². The van der Waals surface area contributed by atoms with Crippen molar-refractivity contribution in [3.05, 3.63) is 63.9 Å². The molecule has 4 nitrogen and oxygen atoms in total.